The van der Waals surface area contributed by atoms with Crippen LogP contribution in [0.3, 0.4) is 0 Å². The molecule has 2 aromatic rings. The molecule has 1 saturated carbocycles. The van der Waals surface area contributed by atoms with Crippen LogP contribution in [-0.2, 0) is 19.4 Å². The molecule has 1 amide bonds. The third-order valence-electron chi connectivity index (χ3n) is 5.90. The second kappa shape index (κ2) is 9.22. The van der Waals surface area contributed by atoms with E-state index in [2.05, 4.69) is 15.5 Å². The Morgan fingerprint density at radius 1 is 1.16 bits per heavy atom. The number of carbonyl (C=O) groups excluding carboxylic acids is 1. The van der Waals surface area contributed by atoms with Crippen LogP contribution in [0.15, 0.2) is 35.2 Å². The summed E-state index contributed by atoms with van der Waals surface area (Å²) in [5, 5.41) is 10.7. The maximum atomic E-state index is 13.2. The van der Waals surface area contributed by atoms with Gasteiger partial charge in [-0.2, -0.15) is 5.10 Å². The fourth-order valence-corrected chi connectivity index (χ4v) is 6.13. The first-order valence-electron chi connectivity index (χ1n) is 10.6. The molecule has 1 unspecified atom stereocenters. The van der Waals surface area contributed by atoms with Gasteiger partial charge in [-0.05, 0) is 74.8 Å². The lowest BCUT2D eigenvalue weighted by Crippen LogP contribution is -2.26. The van der Waals surface area contributed by atoms with Crippen molar-refractivity contribution < 1.29 is 17.9 Å². The number of ether oxygens (including phenoxy) is 1. The van der Waals surface area contributed by atoms with Gasteiger partial charge in [0.05, 0.1) is 26.8 Å². The van der Waals surface area contributed by atoms with Crippen LogP contribution in [0.5, 0.6) is 0 Å². The minimum atomic E-state index is -3.41. The Morgan fingerprint density at radius 2 is 1.90 bits per heavy atom. The van der Waals surface area contributed by atoms with Crippen LogP contribution in [0.1, 0.15) is 49.3 Å². The van der Waals surface area contributed by atoms with Gasteiger partial charge < -0.3 is 10.1 Å². The average molecular weight is 464 g/mol. The van der Waals surface area contributed by atoms with Gasteiger partial charge in [0.15, 0.2) is 15.7 Å². The van der Waals surface area contributed by atoms with Gasteiger partial charge in [0, 0.05) is 13.2 Å². The molecular weight excluding hydrogens is 438 g/mol. The van der Waals surface area contributed by atoms with Crippen LogP contribution in [0.4, 0.5) is 5.82 Å². The fourth-order valence-electron chi connectivity index (χ4n) is 3.91. The number of benzene rings is 1. The summed E-state index contributed by atoms with van der Waals surface area (Å²) in [7, 11) is -3.41. The Labute approximate surface area is 187 Å². The number of halogens is 1. The van der Waals surface area contributed by atoms with E-state index in [4.69, 9.17) is 16.3 Å². The highest BCUT2D eigenvalue weighted by Gasteiger charge is 2.38. The summed E-state index contributed by atoms with van der Waals surface area (Å²) in [6, 6.07) is 8.38. The van der Waals surface area contributed by atoms with Gasteiger partial charge in [0.1, 0.15) is 0 Å². The number of anilines is 1. The van der Waals surface area contributed by atoms with Crippen LogP contribution in [-0.4, -0.2) is 43.0 Å². The van der Waals surface area contributed by atoms with Crippen molar-refractivity contribution >= 4 is 33.2 Å². The Morgan fingerprint density at radius 3 is 2.52 bits per heavy atom. The molecule has 166 valence electrons. The van der Waals surface area contributed by atoms with Crippen molar-refractivity contribution in [2.45, 2.75) is 55.1 Å². The van der Waals surface area contributed by atoms with Crippen molar-refractivity contribution in [3.8, 4) is 0 Å². The molecule has 2 fully saturated rings. The number of amides is 1. The van der Waals surface area contributed by atoms with Gasteiger partial charge in [-0.25, -0.2) is 8.42 Å². The number of sulfone groups is 1. The van der Waals surface area contributed by atoms with E-state index in [1.165, 1.54) is 0 Å². The molecule has 2 aliphatic rings. The summed E-state index contributed by atoms with van der Waals surface area (Å²) in [5.41, 5.74) is 1.46. The molecule has 7 nitrogen and oxygen atoms in total. The molecule has 2 heterocycles. The van der Waals surface area contributed by atoms with Crippen LogP contribution in [0, 0.1) is 12.8 Å². The molecule has 1 aromatic carbocycles. The molecule has 1 N–H and O–H groups in total. The van der Waals surface area contributed by atoms with Crippen molar-refractivity contribution in [1.29, 1.82) is 0 Å². The minimum Gasteiger partial charge on any atom is -0.381 e. The highest BCUT2D eigenvalue weighted by molar-refractivity contribution is 7.92. The summed E-state index contributed by atoms with van der Waals surface area (Å²) in [5.74, 6) is 0.0220. The van der Waals surface area contributed by atoms with Gasteiger partial charge in [0.25, 0.3) is 0 Å². The lowest BCUT2D eigenvalue weighted by Gasteiger charge is -2.26. The monoisotopic (exact) mass is 463 g/mol. The van der Waals surface area contributed by atoms with Crippen LogP contribution >= 0.6 is 11.6 Å². The zero-order valence-corrected chi connectivity index (χ0v) is 19.0. The number of aromatic nitrogens is 2. The number of aryl methyl sites for hydroxylation is 1. The molecule has 0 radical (unpaired) electrons. The van der Waals surface area contributed by atoms with Crippen LogP contribution in [0.2, 0.25) is 5.02 Å². The van der Waals surface area contributed by atoms with E-state index in [1.54, 1.807) is 30.3 Å². The molecule has 1 aliphatic heterocycles. The zero-order chi connectivity index (χ0) is 22.0. The molecule has 0 bridgehead atoms. The predicted molar refractivity (Wildman–Crippen MR) is 118 cm³/mol. The van der Waals surface area contributed by atoms with Crippen molar-refractivity contribution in [1.82, 2.24) is 10.2 Å². The number of hydrogen-bond acceptors (Lipinski definition) is 6. The van der Waals surface area contributed by atoms with Crippen LogP contribution < -0.4 is 5.32 Å². The van der Waals surface area contributed by atoms with Crippen molar-refractivity contribution in [3.05, 3.63) is 46.6 Å². The first kappa shape index (κ1) is 22.2. The number of carbonyl (C=O) groups is 1. The van der Waals surface area contributed by atoms with Crippen molar-refractivity contribution in [2.24, 2.45) is 5.92 Å². The van der Waals surface area contributed by atoms with Crippen molar-refractivity contribution in [2.75, 3.05) is 18.5 Å². The lowest BCUT2D eigenvalue weighted by atomic mass is 9.84. The van der Waals surface area contributed by atoms with E-state index < -0.39 is 15.8 Å². The summed E-state index contributed by atoms with van der Waals surface area (Å²) < 4.78 is 30.7. The summed E-state index contributed by atoms with van der Waals surface area (Å²) in [6.07, 6.45) is 3.74. The summed E-state index contributed by atoms with van der Waals surface area (Å²) in [4.78, 5) is 13.4. The van der Waals surface area contributed by atoms with Gasteiger partial charge in [-0.3, -0.25) is 4.79 Å². The average Bonchev–Trinajstić information content (AvgIpc) is 3.60. The smallest absolute Gasteiger partial charge is 0.233 e. The van der Waals surface area contributed by atoms with E-state index in [1.807, 2.05) is 6.92 Å². The molecular formula is C22H26ClN3O4S. The Balaban J connectivity index is 1.60. The quantitative estimate of drug-likeness (QED) is 0.668. The highest BCUT2D eigenvalue weighted by Crippen LogP contribution is 2.38. The standard InChI is InChI=1S/C22H26ClN3O4S/c1-14-2-7-21(26-25-14)24-22(27)18(12-15-8-10-30-11-9-15)16-3-6-20(19(23)13-16)31(28,29)17-4-5-17/h2-3,6-7,13,15,17-18H,4-5,8-12H2,1H3,(H,24,26,27). The topological polar surface area (TPSA) is 98.2 Å². The molecule has 1 atom stereocenters. The van der Waals surface area contributed by atoms with E-state index in [0.717, 1.165) is 18.5 Å². The van der Waals surface area contributed by atoms with E-state index in [9.17, 15) is 13.2 Å². The van der Waals surface area contributed by atoms with E-state index >= 15 is 0 Å². The molecule has 4 rings (SSSR count). The summed E-state index contributed by atoms with van der Waals surface area (Å²) >= 11 is 6.40. The van der Waals surface area contributed by atoms with E-state index in [-0.39, 0.29) is 21.1 Å². The van der Waals surface area contributed by atoms with Gasteiger partial charge in [0.2, 0.25) is 5.91 Å². The normalized spacial score (nSPS) is 18.5. The molecule has 9 heteroatoms. The Bertz CT molecular complexity index is 1050. The molecule has 1 aromatic heterocycles. The molecule has 1 aliphatic carbocycles. The second-order valence-electron chi connectivity index (χ2n) is 8.33. The minimum absolute atomic E-state index is 0.148. The maximum absolute atomic E-state index is 13.2. The number of nitrogens with one attached hydrogen (secondary N) is 1. The number of rotatable bonds is 7. The number of nitrogens with zero attached hydrogens (tertiary/aromatic N) is 2. The highest BCUT2D eigenvalue weighted by atomic mass is 35.5. The fraction of sp³-hybridized carbons (Fsp3) is 0.500. The molecule has 1 saturated heterocycles. The molecule has 31 heavy (non-hydrogen) atoms. The summed E-state index contributed by atoms with van der Waals surface area (Å²) in [6.45, 7) is 3.19. The Hall–Kier alpha value is -2.03. The van der Waals surface area contributed by atoms with Crippen LogP contribution in [0.25, 0.3) is 0 Å². The lowest BCUT2D eigenvalue weighted by molar-refractivity contribution is -0.118. The van der Waals surface area contributed by atoms with Crippen molar-refractivity contribution in [3.63, 3.8) is 0 Å². The van der Waals surface area contributed by atoms with Gasteiger partial charge in [-0.1, -0.05) is 17.7 Å². The van der Waals surface area contributed by atoms with Gasteiger partial charge in [-0.15, -0.1) is 5.10 Å². The third kappa shape index (κ3) is 5.25. The molecule has 0 spiro atoms. The maximum Gasteiger partial charge on any atom is 0.233 e. The first-order valence-corrected chi connectivity index (χ1v) is 12.5. The van der Waals surface area contributed by atoms with E-state index in [0.29, 0.717) is 49.8 Å². The predicted octanol–water partition coefficient (Wildman–Crippen LogP) is 3.91. The number of hydrogen-bond donors (Lipinski definition) is 1. The Kier molecular flexibility index (Phi) is 6.60. The SMILES string of the molecule is Cc1ccc(NC(=O)C(CC2CCOCC2)c2ccc(S(=O)(=O)C3CC3)c(Cl)c2)nn1. The third-order valence-corrected chi connectivity index (χ3v) is 8.65. The zero-order valence-electron chi connectivity index (χ0n) is 17.4. The first-order chi connectivity index (χ1) is 14.8. The second-order valence-corrected chi connectivity index (χ2v) is 10.9. The van der Waals surface area contributed by atoms with Gasteiger partial charge >= 0.3 is 0 Å². The largest absolute Gasteiger partial charge is 0.381 e.